The van der Waals surface area contributed by atoms with Gasteiger partial charge in [0.15, 0.2) is 0 Å². The van der Waals surface area contributed by atoms with Gasteiger partial charge in [0.1, 0.15) is 5.75 Å². The Morgan fingerprint density at radius 3 is 2.92 bits per heavy atom. The molecule has 0 atom stereocenters. The number of carbonyl (C=O) groups is 1. The van der Waals surface area contributed by atoms with E-state index in [0.29, 0.717) is 11.4 Å². The van der Waals surface area contributed by atoms with Crippen molar-refractivity contribution < 1.29 is 9.53 Å². The Bertz CT molecular complexity index is 286. The van der Waals surface area contributed by atoms with Crippen LogP contribution in [-0.2, 0) is 0 Å². The number of rotatable bonds is 2. The van der Waals surface area contributed by atoms with E-state index < -0.39 is 6.03 Å². The second-order valence-electron chi connectivity index (χ2n) is 2.22. The molecule has 0 saturated carbocycles. The number of amides is 2. The largest absolute Gasteiger partial charge is 0.497 e. The molecule has 0 aliphatic carbocycles. The van der Waals surface area contributed by atoms with Gasteiger partial charge in [0.2, 0.25) is 0 Å². The van der Waals surface area contributed by atoms with Gasteiger partial charge in [0, 0.05) is 11.8 Å². The lowest BCUT2D eigenvalue weighted by Crippen LogP contribution is -2.19. The highest BCUT2D eigenvalue weighted by Gasteiger charge is 1.96. The van der Waals surface area contributed by atoms with Gasteiger partial charge in [-0.2, -0.15) is 0 Å². The minimum absolute atomic E-state index is 0.580. The van der Waals surface area contributed by atoms with Crippen molar-refractivity contribution in [2.24, 2.45) is 5.73 Å². The summed E-state index contributed by atoms with van der Waals surface area (Å²) in [5.41, 5.74) is 5.55. The zero-order valence-corrected chi connectivity index (χ0v) is 6.70. The van der Waals surface area contributed by atoms with Crippen molar-refractivity contribution in [3.05, 3.63) is 24.3 Å². The third-order valence-corrected chi connectivity index (χ3v) is 1.34. The van der Waals surface area contributed by atoms with Crippen LogP contribution >= 0.6 is 0 Å². The lowest BCUT2D eigenvalue weighted by atomic mass is 10.3. The maximum absolute atomic E-state index is 10.4. The standard InChI is InChI=1S/C8H10N2O2/c1-12-7-4-2-3-6(5-7)10-8(9)11/h2-5H,1H3,(H3,9,10,11). The topological polar surface area (TPSA) is 64.3 Å². The van der Waals surface area contributed by atoms with Crippen molar-refractivity contribution in [3.63, 3.8) is 0 Å². The Labute approximate surface area is 70.3 Å². The molecule has 0 fully saturated rings. The summed E-state index contributed by atoms with van der Waals surface area (Å²) in [6.07, 6.45) is 0. The summed E-state index contributed by atoms with van der Waals surface area (Å²) in [7, 11) is 1.56. The van der Waals surface area contributed by atoms with E-state index in [1.165, 1.54) is 0 Å². The molecule has 2 amide bonds. The van der Waals surface area contributed by atoms with Crippen LogP contribution in [-0.4, -0.2) is 13.1 Å². The number of benzene rings is 1. The van der Waals surface area contributed by atoms with Gasteiger partial charge in [-0.25, -0.2) is 4.79 Å². The fourth-order valence-corrected chi connectivity index (χ4v) is 0.843. The van der Waals surface area contributed by atoms with Crippen molar-refractivity contribution in [1.82, 2.24) is 0 Å². The fourth-order valence-electron chi connectivity index (χ4n) is 0.843. The van der Waals surface area contributed by atoms with Crippen molar-refractivity contribution in [3.8, 4) is 5.75 Å². The first-order chi connectivity index (χ1) is 5.72. The first-order valence-electron chi connectivity index (χ1n) is 3.43. The summed E-state index contributed by atoms with van der Waals surface area (Å²) >= 11 is 0. The molecule has 1 rings (SSSR count). The summed E-state index contributed by atoms with van der Waals surface area (Å²) in [4.78, 5) is 10.4. The molecule has 3 N–H and O–H groups in total. The van der Waals surface area contributed by atoms with Crippen molar-refractivity contribution in [1.29, 1.82) is 0 Å². The summed E-state index contributed by atoms with van der Waals surface area (Å²) in [6, 6.07) is 6.39. The number of methoxy groups -OCH3 is 1. The third-order valence-electron chi connectivity index (χ3n) is 1.34. The summed E-state index contributed by atoms with van der Waals surface area (Å²) < 4.78 is 4.94. The molecule has 0 unspecified atom stereocenters. The Kier molecular flexibility index (Phi) is 2.53. The quantitative estimate of drug-likeness (QED) is 0.693. The van der Waals surface area contributed by atoms with Gasteiger partial charge in [0.25, 0.3) is 0 Å². The molecule has 12 heavy (non-hydrogen) atoms. The SMILES string of the molecule is COc1cccc(NC(N)=O)c1. The van der Waals surface area contributed by atoms with Crippen LogP contribution in [0.5, 0.6) is 5.75 Å². The van der Waals surface area contributed by atoms with Gasteiger partial charge in [-0.1, -0.05) is 6.07 Å². The van der Waals surface area contributed by atoms with E-state index in [-0.39, 0.29) is 0 Å². The molecule has 4 nitrogen and oxygen atoms in total. The van der Waals surface area contributed by atoms with Crippen LogP contribution in [0.3, 0.4) is 0 Å². The number of anilines is 1. The fraction of sp³-hybridized carbons (Fsp3) is 0.125. The van der Waals surface area contributed by atoms with Crippen LogP contribution in [0, 0.1) is 0 Å². The van der Waals surface area contributed by atoms with Crippen LogP contribution in [0.2, 0.25) is 0 Å². The normalized spacial score (nSPS) is 9.08. The van der Waals surface area contributed by atoms with Gasteiger partial charge in [-0.05, 0) is 12.1 Å². The molecule has 0 aliphatic rings. The first-order valence-corrected chi connectivity index (χ1v) is 3.43. The smallest absolute Gasteiger partial charge is 0.316 e. The van der Waals surface area contributed by atoms with E-state index in [4.69, 9.17) is 10.5 Å². The Hall–Kier alpha value is -1.71. The Morgan fingerprint density at radius 2 is 2.33 bits per heavy atom. The first kappa shape index (κ1) is 8.39. The highest BCUT2D eigenvalue weighted by Crippen LogP contribution is 2.15. The number of nitrogens with two attached hydrogens (primary N) is 1. The Morgan fingerprint density at radius 1 is 1.58 bits per heavy atom. The molecule has 64 valence electrons. The van der Waals surface area contributed by atoms with Crippen molar-refractivity contribution in [2.45, 2.75) is 0 Å². The van der Waals surface area contributed by atoms with Crippen molar-refractivity contribution >= 4 is 11.7 Å². The second kappa shape index (κ2) is 3.61. The number of primary amides is 1. The van der Waals surface area contributed by atoms with E-state index in [1.807, 2.05) is 0 Å². The molecule has 0 spiro atoms. The van der Waals surface area contributed by atoms with E-state index >= 15 is 0 Å². The molecular formula is C8H10N2O2. The zero-order chi connectivity index (χ0) is 8.97. The molecule has 1 aromatic rings. The molecule has 1 aromatic carbocycles. The summed E-state index contributed by atoms with van der Waals surface area (Å²) in [5.74, 6) is 0.682. The predicted molar refractivity (Wildman–Crippen MR) is 46.2 cm³/mol. The number of carbonyl (C=O) groups excluding carboxylic acids is 1. The van der Waals surface area contributed by atoms with Crippen LogP contribution in [0.15, 0.2) is 24.3 Å². The minimum Gasteiger partial charge on any atom is -0.497 e. The third kappa shape index (κ3) is 2.16. The van der Waals surface area contributed by atoms with Crippen LogP contribution in [0.4, 0.5) is 10.5 Å². The highest BCUT2D eigenvalue weighted by molar-refractivity contribution is 5.87. The lowest BCUT2D eigenvalue weighted by Gasteiger charge is -2.03. The van der Waals surface area contributed by atoms with E-state index in [1.54, 1.807) is 31.4 Å². The van der Waals surface area contributed by atoms with Gasteiger partial charge >= 0.3 is 6.03 Å². The van der Waals surface area contributed by atoms with Gasteiger partial charge in [-0.3, -0.25) is 0 Å². The number of nitrogens with one attached hydrogen (secondary N) is 1. The second-order valence-corrected chi connectivity index (χ2v) is 2.22. The van der Waals surface area contributed by atoms with E-state index in [2.05, 4.69) is 5.32 Å². The number of hydrogen-bond acceptors (Lipinski definition) is 2. The maximum atomic E-state index is 10.4. The average Bonchev–Trinajstić information content (AvgIpc) is 2.03. The molecular weight excluding hydrogens is 156 g/mol. The number of hydrogen-bond donors (Lipinski definition) is 2. The van der Waals surface area contributed by atoms with Crippen LogP contribution in [0.1, 0.15) is 0 Å². The molecule has 0 radical (unpaired) electrons. The average molecular weight is 166 g/mol. The molecule has 0 heterocycles. The van der Waals surface area contributed by atoms with E-state index in [9.17, 15) is 4.79 Å². The van der Waals surface area contributed by atoms with Gasteiger partial charge < -0.3 is 15.8 Å². The van der Waals surface area contributed by atoms with Crippen LogP contribution < -0.4 is 15.8 Å². The zero-order valence-electron chi connectivity index (χ0n) is 6.70. The maximum Gasteiger partial charge on any atom is 0.316 e. The van der Waals surface area contributed by atoms with Gasteiger partial charge in [-0.15, -0.1) is 0 Å². The van der Waals surface area contributed by atoms with Crippen molar-refractivity contribution in [2.75, 3.05) is 12.4 Å². The van der Waals surface area contributed by atoms with Crippen LogP contribution in [0.25, 0.3) is 0 Å². The highest BCUT2D eigenvalue weighted by atomic mass is 16.5. The Balaban J connectivity index is 2.79. The molecule has 4 heteroatoms. The predicted octanol–water partition coefficient (Wildman–Crippen LogP) is 1.19. The molecule has 0 aromatic heterocycles. The number of ether oxygens (including phenoxy) is 1. The number of urea groups is 1. The molecule has 0 saturated heterocycles. The summed E-state index contributed by atoms with van der Waals surface area (Å²) in [5, 5.41) is 2.44. The summed E-state index contributed by atoms with van der Waals surface area (Å²) in [6.45, 7) is 0. The monoisotopic (exact) mass is 166 g/mol. The molecule has 0 aliphatic heterocycles. The van der Waals surface area contributed by atoms with E-state index in [0.717, 1.165) is 0 Å². The lowest BCUT2D eigenvalue weighted by molar-refractivity contribution is 0.259. The van der Waals surface area contributed by atoms with Gasteiger partial charge in [0.05, 0.1) is 7.11 Å². The minimum atomic E-state index is -0.580. The molecule has 0 bridgehead atoms.